The summed E-state index contributed by atoms with van der Waals surface area (Å²) in [5, 5.41) is 0. The molecular weight excluding hydrogens is 689 g/mol. The SMILES string of the molecule is CCCCCCCCCCCCCCCC[C@]1(C)CCC2=C(C)C(=O)C(C)=C(C)[C@]2(OO[C@H](/C=C\CCCCCCCC(=O)OC)[C@@H]2O[C@H]2CCCCC)O1. The third-order valence-corrected chi connectivity index (χ3v) is 12.6. The van der Waals surface area contributed by atoms with E-state index < -0.39 is 5.79 Å². The van der Waals surface area contributed by atoms with Crippen molar-refractivity contribution >= 4 is 11.8 Å². The lowest BCUT2D eigenvalue weighted by molar-refractivity contribution is -0.437. The smallest absolute Gasteiger partial charge is 0.305 e. The number of fused-ring (bicyclic) bond motifs is 1. The van der Waals surface area contributed by atoms with Crippen molar-refractivity contribution < 1.29 is 33.6 Å². The predicted octanol–water partition coefficient (Wildman–Crippen LogP) is 13.5. The van der Waals surface area contributed by atoms with Gasteiger partial charge in [0.25, 0.3) is 0 Å². The van der Waals surface area contributed by atoms with Crippen LogP contribution in [0.25, 0.3) is 0 Å². The molecule has 0 radical (unpaired) electrons. The first kappa shape index (κ1) is 47.6. The standard InChI is InChI=1S/C48H82O7/c1-8-10-12-13-14-15-16-17-18-19-20-24-27-31-36-47(6)37-35-41-39(4)45(50)38(3)40(5)48(41,54-47)55-53-43(46-42(52-46)32-28-11-9-2)33-29-25-22-21-23-26-30-34-44(49)51-7/h29,33,42-43,46H,8-28,30-32,34-37H2,1-7H3/b33-29-/t42-,43+,46+,47+,48+/m0/s1. The van der Waals surface area contributed by atoms with Gasteiger partial charge in [-0.1, -0.05) is 154 Å². The summed E-state index contributed by atoms with van der Waals surface area (Å²) < 4.78 is 18.1. The van der Waals surface area contributed by atoms with Crippen LogP contribution in [0.3, 0.4) is 0 Å². The minimum Gasteiger partial charge on any atom is -0.469 e. The highest BCUT2D eigenvalue weighted by molar-refractivity contribution is 6.10. The molecule has 316 valence electrons. The van der Waals surface area contributed by atoms with Crippen molar-refractivity contribution in [2.75, 3.05) is 7.11 Å². The van der Waals surface area contributed by atoms with Gasteiger partial charge in [-0.2, -0.15) is 4.89 Å². The van der Waals surface area contributed by atoms with Crippen molar-refractivity contribution in [3.8, 4) is 0 Å². The van der Waals surface area contributed by atoms with Crippen LogP contribution >= 0.6 is 0 Å². The molecule has 3 aliphatic rings. The number of carbonyl (C=O) groups excluding carboxylic acids is 2. The zero-order chi connectivity index (χ0) is 39.9. The van der Waals surface area contributed by atoms with E-state index in [1.807, 2.05) is 20.8 Å². The van der Waals surface area contributed by atoms with E-state index in [4.69, 9.17) is 24.0 Å². The second-order valence-electron chi connectivity index (χ2n) is 17.3. The summed E-state index contributed by atoms with van der Waals surface area (Å²) in [4.78, 5) is 37.8. The monoisotopic (exact) mass is 771 g/mol. The molecule has 2 fully saturated rings. The van der Waals surface area contributed by atoms with E-state index in [1.165, 1.54) is 103 Å². The average Bonchev–Trinajstić information content (AvgIpc) is 3.96. The number of Topliss-reactive ketones (excluding diaryl/α,β-unsaturated/α-hetero) is 1. The molecule has 0 aromatic carbocycles. The molecular formula is C48H82O7. The zero-order valence-electron chi connectivity index (χ0n) is 36.5. The number of methoxy groups -OCH3 is 1. The number of carbonyl (C=O) groups is 2. The van der Waals surface area contributed by atoms with Gasteiger partial charge < -0.3 is 14.2 Å². The number of ketones is 1. The molecule has 0 spiro atoms. The number of epoxide rings is 1. The van der Waals surface area contributed by atoms with Gasteiger partial charge in [0, 0.05) is 23.1 Å². The minimum atomic E-state index is -1.21. The summed E-state index contributed by atoms with van der Waals surface area (Å²) in [5.74, 6) is -1.26. The van der Waals surface area contributed by atoms with E-state index in [9.17, 15) is 9.59 Å². The molecule has 2 heterocycles. The molecule has 5 atom stereocenters. The lowest BCUT2D eigenvalue weighted by Crippen LogP contribution is -2.54. The number of esters is 1. The Hall–Kier alpha value is -1.80. The number of rotatable bonds is 32. The summed E-state index contributed by atoms with van der Waals surface area (Å²) in [6.07, 6.45) is 36.6. The first-order chi connectivity index (χ1) is 26.6. The third-order valence-electron chi connectivity index (χ3n) is 12.6. The maximum atomic E-state index is 13.3. The van der Waals surface area contributed by atoms with Crippen LogP contribution in [0.1, 0.15) is 221 Å². The van der Waals surface area contributed by atoms with E-state index in [0.29, 0.717) is 12.0 Å². The topological polar surface area (TPSA) is 83.6 Å². The zero-order valence-corrected chi connectivity index (χ0v) is 36.5. The van der Waals surface area contributed by atoms with Gasteiger partial charge in [-0.3, -0.25) is 9.59 Å². The first-order valence-corrected chi connectivity index (χ1v) is 23.0. The maximum absolute atomic E-state index is 13.3. The van der Waals surface area contributed by atoms with Gasteiger partial charge in [-0.15, -0.1) is 0 Å². The van der Waals surface area contributed by atoms with Crippen molar-refractivity contribution in [1.82, 2.24) is 0 Å². The van der Waals surface area contributed by atoms with E-state index in [1.54, 1.807) is 0 Å². The van der Waals surface area contributed by atoms with Crippen LogP contribution in [0.5, 0.6) is 0 Å². The summed E-state index contributed by atoms with van der Waals surface area (Å²) in [6, 6.07) is 0. The fourth-order valence-electron chi connectivity index (χ4n) is 8.57. The van der Waals surface area contributed by atoms with Crippen molar-refractivity contribution in [3.63, 3.8) is 0 Å². The third kappa shape index (κ3) is 16.2. The van der Waals surface area contributed by atoms with Gasteiger partial charge in [0.05, 0.1) is 18.8 Å². The Morgan fingerprint density at radius 1 is 0.782 bits per heavy atom. The minimum absolute atomic E-state index is 0.0579. The average molecular weight is 771 g/mol. The highest BCUT2D eigenvalue weighted by atomic mass is 17.2. The largest absolute Gasteiger partial charge is 0.469 e. The van der Waals surface area contributed by atoms with Gasteiger partial charge in [0.1, 0.15) is 12.2 Å². The van der Waals surface area contributed by atoms with Crippen LogP contribution in [0.2, 0.25) is 0 Å². The maximum Gasteiger partial charge on any atom is 0.305 e. The summed E-state index contributed by atoms with van der Waals surface area (Å²) in [6.45, 7) is 12.5. The molecule has 0 saturated carbocycles. The quantitative estimate of drug-likeness (QED) is 0.0168. The first-order valence-electron chi connectivity index (χ1n) is 23.0. The van der Waals surface area contributed by atoms with E-state index in [2.05, 4.69) is 32.9 Å². The Labute approximate surface area is 337 Å². The molecule has 3 rings (SSSR count). The number of hydrogen-bond acceptors (Lipinski definition) is 7. The highest BCUT2D eigenvalue weighted by Gasteiger charge is 2.55. The molecule has 2 saturated heterocycles. The van der Waals surface area contributed by atoms with Gasteiger partial charge in [0.15, 0.2) is 5.78 Å². The Balaban J connectivity index is 1.56. The van der Waals surface area contributed by atoms with Gasteiger partial charge in [0.2, 0.25) is 5.79 Å². The van der Waals surface area contributed by atoms with Gasteiger partial charge in [-0.25, -0.2) is 4.89 Å². The molecule has 0 bridgehead atoms. The molecule has 0 unspecified atom stereocenters. The summed E-state index contributed by atoms with van der Waals surface area (Å²) in [5.41, 5.74) is 2.74. The summed E-state index contributed by atoms with van der Waals surface area (Å²) in [7, 11) is 1.45. The second-order valence-corrected chi connectivity index (χ2v) is 17.3. The highest BCUT2D eigenvalue weighted by Crippen LogP contribution is 2.51. The van der Waals surface area contributed by atoms with Crippen molar-refractivity contribution in [2.45, 2.75) is 251 Å². The Morgan fingerprint density at radius 3 is 1.96 bits per heavy atom. The van der Waals surface area contributed by atoms with E-state index in [0.717, 1.165) is 93.8 Å². The van der Waals surface area contributed by atoms with Crippen molar-refractivity contribution in [3.05, 3.63) is 34.4 Å². The van der Waals surface area contributed by atoms with Crippen LogP contribution in [0.4, 0.5) is 0 Å². The molecule has 7 nitrogen and oxygen atoms in total. The molecule has 55 heavy (non-hydrogen) atoms. The number of allylic oxidation sites excluding steroid dienone is 3. The number of unbranched alkanes of at least 4 members (excludes halogenated alkanes) is 20. The lowest BCUT2D eigenvalue weighted by Gasteiger charge is -2.50. The predicted molar refractivity (Wildman–Crippen MR) is 225 cm³/mol. The molecule has 1 aliphatic carbocycles. The molecule has 0 aromatic rings. The Kier molecular flexibility index (Phi) is 22.7. The molecule has 7 heteroatoms. The van der Waals surface area contributed by atoms with Gasteiger partial charge in [-0.05, 0) is 78.2 Å². The number of ether oxygens (including phenoxy) is 3. The Morgan fingerprint density at radius 2 is 1.35 bits per heavy atom. The van der Waals surface area contributed by atoms with Crippen LogP contribution in [-0.4, -0.2) is 48.6 Å². The fraction of sp³-hybridized carbons (Fsp3) is 0.833. The normalized spacial score (nSPS) is 24.5. The van der Waals surface area contributed by atoms with Crippen molar-refractivity contribution in [1.29, 1.82) is 0 Å². The molecule has 2 aliphatic heterocycles. The molecule has 0 aromatic heterocycles. The van der Waals surface area contributed by atoms with Crippen LogP contribution < -0.4 is 0 Å². The van der Waals surface area contributed by atoms with E-state index >= 15 is 0 Å². The van der Waals surface area contributed by atoms with Crippen molar-refractivity contribution in [2.24, 2.45) is 0 Å². The van der Waals surface area contributed by atoms with E-state index in [-0.39, 0.29) is 35.7 Å². The molecule has 0 amide bonds. The van der Waals surface area contributed by atoms with Crippen LogP contribution in [0, 0.1) is 0 Å². The Bertz CT molecular complexity index is 1220. The lowest BCUT2D eigenvalue weighted by atomic mass is 9.75. The summed E-state index contributed by atoms with van der Waals surface area (Å²) >= 11 is 0. The molecule has 0 N–H and O–H groups in total. The second kappa shape index (κ2) is 26.3. The number of hydrogen-bond donors (Lipinski definition) is 0. The van der Waals surface area contributed by atoms with Crippen LogP contribution in [0.15, 0.2) is 34.4 Å². The van der Waals surface area contributed by atoms with Crippen LogP contribution in [-0.2, 0) is 33.6 Å². The van der Waals surface area contributed by atoms with Gasteiger partial charge >= 0.3 is 5.97 Å². The fourth-order valence-corrected chi connectivity index (χ4v) is 8.57.